The van der Waals surface area contributed by atoms with E-state index in [1.165, 1.54) is 27.8 Å². The quantitative estimate of drug-likeness (QED) is 0.127. The predicted molar refractivity (Wildman–Crippen MR) is 345 cm³/mol. The van der Waals surface area contributed by atoms with Gasteiger partial charge in [0.05, 0.1) is 51.1 Å². The Morgan fingerprint density at radius 2 is 0.744 bits per heavy atom. The minimum atomic E-state index is 0.842. The number of allylic oxidation sites excluding steroid dienone is 4. The van der Waals surface area contributed by atoms with Crippen molar-refractivity contribution in [3.8, 4) is 55.6 Å². The van der Waals surface area contributed by atoms with E-state index in [-0.39, 0.29) is 0 Å². The summed E-state index contributed by atoms with van der Waals surface area (Å²) < 4.78 is 0. The molecule has 0 aliphatic carbocycles. The van der Waals surface area contributed by atoms with E-state index in [0.29, 0.717) is 0 Å². The normalized spacial score (nSPS) is 13.0. The van der Waals surface area contributed by atoms with Crippen LogP contribution in [0.1, 0.15) is 109 Å². The average molecular weight is 1060 g/mol. The molecule has 4 N–H and O–H groups in total. The second-order valence-corrected chi connectivity index (χ2v) is 22.0. The molecule has 10 aromatic rings. The van der Waals surface area contributed by atoms with Gasteiger partial charge in [0.2, 0.25) is 0 Å². The van der Waals surface area contributed by atoms with E-state index in [9.17, 15) is 0 Å². The van der Waals surface area contributed by atoms with Gasteiger partial charge in [0.25, 0.3) is 0 Å². The van der Waals surface area contributed by atoms with E-state index < -0.39 is 0 Å². The molecule has 10 heterocycles. The van der Waals surface area contributed by atoms with Gasteiger partial charge in [0, 0.05) is 66.4 Å². The summed E-state index contributed by atoms with van der Waals surface area (Å²) in [6, 6.07) is 56.2. The summed E-state index contributed by atoms with van der Waals surface area (Å²) in [4.78, 5) is 37.9. The molecule has 0 saturated carbocycles. The molecule has 4 aliphatic rings. The van der Waals surface area contributed by atoms with Gasteiger partial charge in [-0.25, -0.2) is 19.9 Å². The van der Waals surface area contributed by atoms with Gasteiger partial charge in [0.15, 0.2) is 0 Å². The van der Waals surface area contributed by atoms with Crippen molar-refractivity contribution in [1.29, 1.82) is 0 Å². The Balaban J connectivity index is 1.09. The number of aryl methyl sites for hydroxylation is 4. The van der Waals surface area contributed by atoms with Crippen molar-refractivity contribution < 1.29 is 0 Å². The first-order chi connectivity index (χ1) is 40.0. The number of aromatic nitrogens is 8. The molecule has 398 valence electrons. The molecule has 8 heteroatoms. The molecule has 0 fully saturated rings. The molecule has 0 spiro atoms. The highest BCUT2D eigenvalue weighted by atomic mass is 14.8. The highest BCUT2D eigenvalue weighted by Crippen LogP contribution is 2.44. The average Bonchev–Trinajstić information content (AvgIpc) is 4.54. The van der Waals surface area contributed by atoms with Crippen LogP contribution >= 0.6 is 0 Å². The fourth-order valence-corrected chi connectivity index (χ4v) is 12.8. The second kappa shape index (κ2) is 20.0. The minimum Gasteiger partial charge on any atom is -0.355 e. The molecule has 4 aliphatic heterocycles. The third-order valence-corrected chi connectivity index (χ3v) is 17.4. The van der Waals surface area contributed by atoms with E-state index in [1.807, 2.05) is 0 Å². The summed E-state index contributed by atoms with van der Waals surface area (Å²) in [6.45, 7) is 17.8. The van der Waals surface area contributed by atoms with Crippen LogP contribution < -0.4 is 0 Å². The van der Waals surface area contributed by atoms with Crippen LogP contribution in [0.2, 0.25) is 0 Å². The minimum absolute atomic E-state index is 0.842. The van der Waals surface area contributed by atoms with E-state index in [2.05, 4.69) is 257 Å². The predicted octanol–water partition coefficient (Wildman–Crippen LogP) is 19.4. The van der Waals surface area contributed by atoms with Gasteiger partial charge in [-0.05, 0) is 200 Å². The number of H-pyrrole nitrogens is 4. The SMILES string of the molecule is CCC1=C(C)c2cc3[nH]c(c(C)c3C)c(-c3cccc(-c4c5nc(c(-c6ccccc6)c6ccc([nH]6)c(-c6ccccc6)c6nc(c(-c7ccccc7)c7ccc4[nH]7)C=C6)C=C5)c3)c3nc(cc4[nH]c(cc1n2)c(CC)c4C)C(C)=C3C. The Hall–Kier alpha value is -9.92. The van der Waals surface area contributed by atoms with Crippen molar-refractivity contribution in [2.75, 3.05) is 0 Å². The van der Waals surface area contributed by atoms with Crippen LogP contribution in [0.3, 0.4) is 0 Å². The highest BCUT2D eigenvalue weighted by Gasteiger charge is 2.25. The molecule has 0 unspecified atom stereocenters. The van der Waals surface area contributed by atoms with Crippen molar-refractivity contribution >= 4 is 90.7 Å². The van der Waals surface area contributed by atoms with Crippen LogP contribution in [-0.2, 0) is 6.42 Å². The lowest BCUT2D eigenvalue weighted by atomic mass is 9.94. The van der Waals surface area contributed by atoms with E-state index >= 15 is 0 Å². The molecule has 0 saturated heterocycles. The molecule has 8 nitrogen and oxygen atoms in total. The Morgan fingerprint density at radius 3 is 1.23 bits per heavy atom. The standard InChI is InChI=1S/C74H62N8/c1-9-52-45(7)64-38-62-41(3)43(5)73(81-62)72(74-44(6)42(4)63(82-74)39-65-46(8)53(10-2)67(80-65)40-66(52)79-64)51-28-20-27-50(37-51)71-60-35-33-58(77-60)69(48-23-16-12-17-24-48)56-31-29-54(75-56)68(47-21-14-11-15-22-47)55-30-32-57(76-55)70(49-25-18-13-19-26-49)59-34-36-61(71)78-59/h11-40,75,78-79,82H,9-10H2,1-8H3. The van der Waals surface area contributed by atoms with E-state index in [0.717, 1.165) is 175 Å². The number of hydrogen-bond donors (Lipinski definition) is 4. The van der Waals surface area contributed by atoms with Crippen molar-refractivity contribution in [2.45, 2.75) is 68.2 Å². The van der Waals surface area contributed by atoms with Gasteiger partial charge in [-0.3, -0.25) is 0 Å². The van der Waals surface area contributed by atoms with Crippen LogP contribution in [0.25, 0.3) is 146 Å². The number of nitrogens with zero attached hydrogens (tertiary/aromatic N) is 4. The summed E-state index contributed by atoms with van der Waals surface area (Å²) in [7, 11) is 0. The molecule has 0 atom stereocenters. The van der Waals surface area contributed by atoms with Gasteiger partial charge >= 0.3 is 0 Å². The van der Waals surface area contributed by atoms with Crippen molar-refractivity contribution in [2.24, 2.45) is 0 Å². The molecule has 0 radical (unpaired) electrons. The summed E-state index contributed by atoms with van der Waals surface area (Å²) >= 11 is 0. The van der Waals surface area contributed by atoms with Gasteiger partial charge in [-0.15, -0.1) is 0 Å². The lowest BCUT2D eigenvalue weighted by Crippen LogP contribution is -1.92. The first-order valence-corrected chi connectivity index (χ1v) is 28.6. The third kappa shape index (κ3) is 8.35. The molecule has 82 heavy (non-hydrogen) atoms. The van der Waals surface area contributed by atoms with Crippen molar-refractivity contribution in [3.05, 3.63) is 226 Å². The maximum Gasteiger partial charge on any atom is 0.0768 e. The molecule has 6 aromatic heterocycles. The third-order valence-electron chi connectivity index (χ3n) is 17.4. The largest absolute Gasteiger partial charge is 0.355 e. The Kier molecular flexibility index (Phi) is 12.3. The fourth-order valence-electron chi connectivity index (χ4n) is 12.8. The zero-order valence-electron chi connectivity index (χ0n) is 47.5. The molecular weight excluding hydrogens is 1000 g/mol. The topological polar surface area (TPSA) is 115 Å². The first kappa shape index (κ1) is 50.3. The summed E-state index contributed by atoms with van der Waals surface area (Å²) in [5.41, 5.74) is 35.3. The smallest absolute Gasteiger partial charge is 0.0768 e. The maximum absolute atomic E-state index is 5.67. The summed E-state index contributed by atoms with van der Waals surface area (Å²) in [5.74, 6) is 0. The lowest BCUT2D eigenvalue weighted by Gasteiger charge is -2.11. The van der Waals surface area contributed by atoms with Crippen LogP contribution in [0.5, 0.6) is 0 Å². The molecule has 4 aromatic carbocycles. The van der Waals surface area contributed by atoms with Gasteiger partial charge in [0.1, 0.15) is 0 Å². The number of aromatic amines is 4. The van der Waals surface area contributed by atoms with Crippen LogP contribution in [0.4, 0.5) is 0 Å². The zero-order valence-corrected chi connectivity index (χ0v) is 47.5. The first-order valence-electron chi connectivity index (χ1n) is 28.6. The number of hydrogen-bond acceptors (Lipinski definition) is 4. The Bertz CT molecular complexity index is 4760. The monoisotopic (exact) mass is 1060 g/mol. The van der Waals surface area contributed by atoms with Crippen molar-refractivity contribution in [3.63, 3.8) is 0 Å². The van der Waals surface area contributed by atoms with Crippen LogP contribution in [-0.4, -0.2) is 39.9 Å². The molecule has 14 rings (SSSR count). The van der Waals surface area contributed by atoms with Crippen LogP contribution in [0, 0.1) is 20.8 Å². The van der Waals surface area contributed by atoms with E-state index in [4.69, 9.17) is 19.9 Å². The number of nitrogens with one attached hydrogen (secondary N) is 4. The molecular formula is C74H62N8. The number of benzene rings is 4. The van der Waals surface area contributed by atoms with Crippen LogP contribution in [0.15, 0.2) is 158 Å². The second-order valence-electron chi connectivity index (χ2n) is 22.0. The van der Waals surface area contributed by atoms with Crippen molar-refractivity contribution in [1.82, 2.24) is 39.9 Å². The number of fused-ring (bicyclic) bond motifs is 16. The van der Waals surface area contributed by atoms with E-state index in [1.54, 1.807) is 0 Å². The Labute approximate surface area is 477 Å². The highest BCUT2D eigenvalue weighted by molar-refractivity contribution is 6.04. The lowest BCUT2D eigenvalue weighted by molar-refractivity contribution is 1.14. The fraction of sp³-hybridized carbons (Fsp3) is 0.135. The number of rotatable bonds is 7. The van der Waals surface area contributed by atoms with Gasteiger partial charge in [-0.1, -0.05) is 123 Å². The zero-order chi connectivity index (χ0) is 55.9. The van der Waals surface area contributed by atoms with Gasteiger partial charge < -0.3 is 19.9 Å². The summed E-state index contributed by atoms with van der Waals surface area (Å²) in [5, 5.41) is 0. The molecule has 0 amide bonds. The van der Waals surface area contributed by atoms with Gasteiger partial charge in [-0.2, -0.15) is 0 Å². The molecule has 16 bridgehead atoms. The summed E-state index contributed by atoms with van der Waals surface area (Å²) in [6.07, 6.45) is 10.4. The Morgan fingerprint density at radius 1 is 0.317 bits per heavy atom. The maximum atomic E-state index is 5.67.